The number of carbonyl (C=O) groups is 6. The van der Waals surface area contributed by atoms with Crippen LogP contribution in [0.2, 0.25) is 0 Å². The Morgan fingerprint density at radius 1 is 1.02 bits per heavy atom. The Morgan fingerprint density at radius 3 is 2.19 bits per heavy atom. The van der Waals surface area contributed by atoms with Gasteiger partial charge in [0.1, 0.15) is 29.0 Å². The number of alkyl halides is 3. The highest BCUT2D eigenvalue weighted by Gasteiger charge is 2.46. The molecule has 4 atom stereocenters. The number of nitrogens with zero attached hydrogens (tertiary/aromatic N) is 1. The number of methoxy groups -OCH3 is 1. The van der Waals surface area contributed by atoms with Crippen LogP contribution in [0.25, 0.3) is 11.0 Å². The summed E-state index contributed by atoms with van der Waals surface area (Å²) in [5, 5.41) is 4.02. The van der Waals surface area contributed by atoms with Crippen LogP contribution in [-0.4, -0.2) is 77.8 Å². The van der Waals surface area contributed by atoms with Gasteiger partial charge in [0.25, 0.3) is 0 Å². The Balaban J connectivity index is 1.80. The number of ether oxygens (including phenoxy) is 1. The summed E-state index contributed by atoms with van der Waals surface area (Å²) in [7, 11) is 0.986. The van der Waals surface area contributed by atoms with Crippen molar-refractivity contribution in [1.82, 2.24) is 15.5 Å². The van der Waals surface area contributed by atoms with Crippen LogP contribution in [0.1, 0.15) is 90.0 Å². The number of hydrogen-bond donors (Lipinski definition) is 3. The molecule has 0 bridgehead atoms. The van der Waals surface area contributed by atoms with Crippen LogP contribution in [-0.2, 0) is 20.6 Å². The van der Waals surface area contributed by atoms with E-state index in [9.17, 15) is 46.7 Å². The fraction of sp³-hybridized carbons (Fsp3) is 0.516. The number of rotatable bonds is 9. The number of likely N-dealkylation sites (tertiary alicyclic amines) is 1. The molecule has 1 aliphatic carbocycles. The summed E-state index contributed by atoms with van der Waals surface area (Å²) in [4.78, 5) is 92.2. The average molecular weight is 665 g/mol. The molecule has 254 valence electrons. The smallest absolute Gasteiger partial charge is 0.417 e. The molecule has 4 rings (SSSR count). The molecule has 2 aliphatic rings. The van der Waals surface area contributed by atoms with E-state index in [0.717, 1.165) is 13.2 Å². The van der Waals surface area contributed by atoms with Gasteiger partial charge in [-0.2, -0.15) is 13.2 Å². The summed E-state index contributed by atoms with van der Waals surface area (Å²) in [5.41, 5.74) is -0.769. The van der Waals surface area contributed by atoms with Crippen molar-refractivity contribution in [3.63, 3.8) is 0 Å². The van der Waals surface area contributed by atoms with Gasteiger partial charge in [0.15, 0.2) is 17.3 Å². The maximum Gasteiger partial charge on any atom is 0.417 e. The minimum atomic E-state index is -5.34. The summed E-state index contributed by atoms with van der Waals surface area (Å²) >= 11 is 0. The van der Waals surface area contributed by atoms with E-state index >= 15 is 0 Å². The SMILES string of the molecule is COc1cc2oc(=O)c3c(c2c(C(F)(F)F)c1C(=O)[C@@H](NC(=O)[C@@H]1CCCN1C(=O)[C@H](C)NC(=O)[C@H](C)N)C(C)C)C(=O)CCC3=O. The number of benzene rings is 1. The third kappa shape index (κ3) is 6.64. The van der Waals surface area contributed by atoms with Gasteiger partial charge in [-0.3, -0.25) is 28.8 Å². The van der Waals surface area contributed by atoms with Crippen LogP contribution in [0, 0.1) is 5.92 Å². The van der Waals surface area contributed by atoms with Crippen molar-refractivity contribution in [3.05, 3.63) is 38.7 Å². The first kappa shape index (κ1) is 35.3. The molecule has 13 nitrogen and oxygen atoms in total. The molecule has 1 fully saturated rings. The van der Waals surface area contributed by atoms with Crippen molar-refractivity contribution < 1.29 is 51.1 Å². The van der Waals surface area contributed by atoms with Crippen LogP contribution < -0.4 is 26.7 Å². The van der Waals surface area contributed by atoms with E-state index in [1.165, 1.54) is 32.6 Å². The van der Waals surface area contributed by atoms with E-state index in [0.29, 0.717) is 6.42 Å². The Bertz CT molecular complexity index is 1730. The molecule has 0 unspecified atom stereocenters. The molecule has 1 aromatic carbocycles. The number of amides is 3. The molecular weight excluding hydrogens is 629 g/mol. The lowest BCUT2D eigenvalue weighted by molar-refractivity contribution is -0.141. The second kappa shape index (κ2) is 13.3. The fourth-order valence-corrected chi connectivity index (χ4v) is 5.94. The van der Waals surface area contributed by atoms with E-state index in [2.05, 4.69) is 10.6 Å². The lowest BCUT2D eigenvalue weighted by Gasteiger charge is -2.30. The molecule has 0 saturated carbocycles. The number of halogens is 3. The molecule has 3 amide bonds. The van der Waals surface area contributed by atoms with Crippen LogP contribution in [0.3, 0.4) is 0 Å². The molecule has 0 radical (unpaired) electrons. The molecule has 4 N–H and O–H groups in total. The lowest BCUT2D eigenvalue weighted by atomic mass is 9.83. The second-order valence-corrected chi connectivity index (χ2v) is 12.0. The highest BCUT2D eigenvalue weighted by Crippen LogP contribution is 2.45. The Labute approximate surface area is 266 Å². The maximum atomic E-state index is 15.0. The highest BCUT2D eigenvalue weighted by molar-refractivity contribution is 6.21. The number of carbonyl (C=O) groups excluding carboxylic acids is 6. The number of fused-ring (bicyclic) bond motifs is 3. The van der Waals surface area contributed by atoms with Gasteiger partial charge in [-0.1, -0.05) is 13.8 Å². The van der Waals surface area contributed by atoms with Crippen molar-refractivity contribution in [3.8, 4) is 5.75 Å². The molecule has 1 aromatic heterocycles. The average Bonchev–Trinajstić information content (AvgIpc) is 3.49. The number of nitrogens with one attached hydrogen (secondary N) is 2. The first-order valence-electron chi connectivity index (χ1n) is 15.0. The van der Waals surface area contributed by atoms with Crippen molar-refractivity contribution >= 4 is 46.0 Å². The largest absolute Gasteiger partial charge is 0.496 e. The molecule has 2 heterocycles. The first-order chi connectivity index (χ1) is 21.9. The predicted octanol–water partition coefficient (Wildman–Crippen LogP) is 2.15. The highest BCUT2D eigenvalue weighted by atomic mass is 19.4. The van der Waals surface area contributed by atoms with E-state index in [1.54, 1.807) is 0 Å². The van der Waals surface area contributed by atoms with Crippen molar-refractivity contribution in [1.29, 1.82) is 0 Å². The van der Waals surface area contributed by atoms with Crippen molar-refractivity contribution in [2.24, 2.45) is 11.7 Å². The van der Waals surface area contributed by atoms with Crippen LogP contribution in [0.15, 0.2) is 15.3 Å². The zero-order chi connectivity index (χ0) is 35.1. The molecule has 0 spiro atoms. The van der Waals surface area contributed by atoms with Gasteiger partial charge in [0.2, 0.25) is 17.7 Å². The summed E-state index contributed by atoms with van der Waals surface area (Å²) in [6.45, 7) is 5.96. The molecular formula is C31H35F3N4O9. The van der Waals surface area contributed by atoms with Gasteiger partial charge in [-0.15, -0.1) is 0 Å². The summed E-state index contributed by atoms with van der Waals surface area (Å²) in [5.74, 6) is -6.46. The van der Waals surface area contributed by atoms with Gasteiger partial charge in [-0.05, 0) is 32.6 Å². The zero-order valence-corrected chi connectivity index (χ0v) is 26.3. The van der Waals surface area contributed by atoms with Gasteiger partial charge < -0.3 is 30.4 Å². The second-order valence-electron chi connectivity index (χ2n) is 12.0. The number of Topliss-reactive ketones (excluding diaryl/α,β-unsaturated/α-hetero) is 3. The van der Waals surface area contributed by atoms with Crippen LogP contribution >= 0.6 is 0 Å². The standard InChI is InChI=1S/C31H35F3N4O9/c1-12(2)25(37-28(43)15-7-6-10-38(15)29(44)14(4)36-27(42)13(3)35)26(41)23-18(46-5)11-19-22(24(23)31(32,33)34)20-16(39)8-9-17(40)21(20)30(45)47-19/h11-15,25H,6-10,35H2,1-5H3,(H,36,42)(H,37,43)/t13-,14-,15-,25-/m0/s1. The van der Waals surface area contributed by atoms with Crippen LogP contribution in [0.5, 0.6) is 5.75 Å². The van der Waals surface area contributed by atoms with Gasteiger partial charge >= 0.3 is 11.8 Å². The van der Waals surface area contributed by atoms with Crippen LogP contribution in [0.4, 0.5) is 13.2 Å². The molecule has 47 heavy (non-hydrogen) atoms. The molecule has 16 heteroatoms. The van der Waals surface area contributed by atoms with Gasteiger partial charge in [0.05, 0.1) is 30.3 Å². The molecule has 1 saturated heterocycles. The van der Waals surface area contributed by atoms with E-state index in [1.807, 2.05) is 0 Å². The number of ketones is 3. The van der Waals surface area contributed by atoms with Crippen molar-refractivity contribution in [2.45, 2.75) is 83.7 Å². The Kier molecular flexibility index (Phi) is 9.94. The van der Waals surface area contributed by atoms with Crippen molar-refractivity contribution in [2.75, 3.05) is 13.7 Å². The van der Waals surface area contributed by atoms with E-state index in [-0.39, 0.29) is 13.0 Å². The maximum absolute atomic E-state index is 15.0. The number of nitrogens with two attached hydrogens (primary N) is 1. The monoisotopic (exact) mass is 664 g/mol. The quantitative estimate of drug-likeness (QED) is 0.264. The lowest BCUT2D eigenvalue weighted by Crippen LogP contribution is -2.56. The summed E-state index contributed by atoms with van der Waals surface area (Å²) in [6.07, 6.45) is -5.61. The normalized spacial score (nSPS) is 18.5. The van der Waals surface area contributed by atoms with Gasteiger partial charge in [0, 0.05) is 36.4 Å². The zero-order valence-electron chi connectivity index (χ0n) is 26.3. The summed E-state index contributed by atoms with van der Waals surface area (Å²) in [6, 6.07) is -3.76. The van der Waals surface area contributed by atoms with Gasteiger partial charge in [-0.25, -0.2) is 4.79 Å². The summed E-state index contributed by atoms with van der Waals surface area (Å²) < 4.78 is 55.2. The fourth-order valence-electron chi connectivity index (χ4n) is 5.94. The minimum absolute atomic E-state index is 0.148. The number of hydrogen-bond acceptors (Lipinski definition) is 10. The minimum Gasteiger partial charge on any atom is -0.496 e. The third-order valence-corrected chi connectivity index (χ3v) is 8.28. The Hall–Kier alpha value is -4.60. The predicted molar refractivity (Wildman–Crippen MR) is 159 cm³/mol. The molecule has 1 aliphatic heterocycles. The van der Waals surface area contributed by atoms with E-state index < -0.39 is 129 Å². The third-order valence-electron chi connectivity index (χ3n) is 8.28. The van der Waals surface area contributed by atoms with E-state index in [4.69, 9.17) is 14.9 Å². The first-order valence-corrected chi connectivity index (χ1v) is 15.0. The topological polar surface area (TPSA) is 195 Å². The molecule has 2 aromatic rings. The Morgan fingerprint density at radius 2 is 1.64 bits per heavy atom.